The predicted octanol–water partition coefficient (Wildman–Crippen LogP) is 2.49. The van der Waals surface area contributed by atoms with Gasteiger partial charge in [0.25, 0.3) is 5.91 Å². The first kappa shape index (κ1) is 19.3. The molecule has 3 heterocycles. The molecular formula is C20H19N3O5S2. The van der Waals surface area contributed by atoms with Crippen LogP contribution in [-0.4, -0.2) is 43.1 Å². The Labute approximate surface area is 177 Å². The third-order valence-corrected chi connectivity index (χ3v) is 8.31. The van der Waals surface area contributed by atoms with Crippen molar-refractivity contribution in [3.05, 3.63) is 46.8 Å². The molecule has 0 aliphatic carbocycles. The first-order valence-corrected chi connectivity index (χ1v) is 11.8. The number of aromatic nitrogens is 1. The van der Waals surface area contributed by atoms with Gasteiger partial charge in [0.05, 0.1) is 15.1 Å². The third-order valence-electron chi connectivity index (χ3n) is 5.30. The van der Waals surface area contributed by atoms with Crippen molar-refractivity contribution in [2.24, 2.45) is 12.0 Å². The topological polar surface area (TPSA) is 90.2 Å². The van der Waals surface area contributed by atoms with Gasteiger partial charge < -0.3 is 14.0 Å². The highest BCUT2D eigenvalue weighted by Crippen LogP contribution is 2.36. The van der Waals surface area contributed by atoms with Crippen LogP contribution >= 0.6 is 11.3 Å². The number of sulfonamides is 1. The fraction of sp³-hybridized carbons (Fsp3) is 0.300. The number of benzene rings is 2. The average molecular weight is 446 g/mol. The van der Waals surface area contributed by atoms with E-state index in [0.717, 1.165) is 23.1 Å². The lowest BCUT2D eigenvalue weighted by molar-refractivity contribution is 0.0998. The highest BCUT2D eigenvalue weighted by Gasteiger charge is 2.27. The molecule has 10 heteroatoms. The van der Waals surface area contributed by atoms with E-state index in [0.29, 0.717) is 35.0 Å². The maximum atomic E-state index is 12.7. The van der Waals surface area contributed by atoms with E-state index in [-0.39, 0.29) is 11.7 Å². The number of carbonyl (C=O) groups is 1. The molecule has 1 saturated heterocycles. The molecule has 5 rings (SSSR count). The Kier molecular flexibility index (Phi) is 4.64. The minimum atomic E-state index is -3.50. The van der Waals surface area contributed by atoms with Crippen LogP contribution < -0.4 is 14.3 Å². The van der Waals surface area contributed by atoms with Crippen molar-refractivity contribution in [2.75, 3.05) is 19.9 Å². The van der Waals surface area contributed by atoms with Gasteiger partial charge in [0.1, 0.15) is 0 Å². The maximum Gasteiger partial charge on any atom is 0.279 e. The highest BCUT2D eigenvalue weighted by atomic mass is 32.2. The summed E-state index contributed by atoms with van der Waals surface area (Å²) in [4.78, 5) is 17.7. The Morgan fingerprint density at radius 1 is 1.07 bits per heavy atom. The summed E-state index contributed by atoms with van der Waals surface area (Å²) < 4.78 is 40.3. The number of nitrogens with zero attached hydrogens (tertiary/aromatic N) is 3. The monoisotopic (exact) mass is 445 g/mol. The summed E-state index contributed by atoms with van der Waals surface area (Å²) in [6, 6.07) is 9.72. The number of amides is 1. The number of fused-ring (bicyclic) bond motifs is 2. The number of rotatable bonds is 3. The number of hydrogen-bond donors (Lipinski definition) is 0. The maximum absolute atomic E-state index is 12.7. The lowest BCUT2D eigenvalue weighted by Crippen LogP contribution is -2.27. The molecule has 1 amide bonds. The molecule has 0 radical (unpaired) electrons. The van der Waals surface area contributed by atoms with Crippen LogP contribution in [0, 0.1) is 0 Å². The van der Waals surface area contributed by atoms with Gasteiger partial charge >= 0.3 is 0 Å². The van der Waals surface area contributed by atoms with Crippen molar-refractivity contribution in [2.45, 2.75) is 17.7 Å². The SMILES string of the molecule is Cn1c(=NC(=O)c2ccc(S(=O)(=O)N3CCCC3)cc2)sc2cc3c(cc21)OCO3. The van der Waals surface area contributed by atoms with E-state index in [4.69, 9.17) is 9.47 Å². The van der Waals surface area contributed by atoms with Gasteiger partial charge in [0, 0.05) is 37.8 Å². The summed E-state index contributed by atoms with van der Waals surface area (Å²) in [5.41, 5.74) is 1.23. The largest absolute Gasteiger partial charge is 0.454 e. The number of carbonyl (C=O) groups excluding carboxylic acids is 1. The van der Waals surface area contributed by atoms with Gasteiger partial charge in [-0.15, -0.1) is 0 Å². The fourth-order valence-electron chi connectivity index (χ4n) is 3.62. The molecule has 0 bridgehead atoms. The van der Waals surface area contributed by atoms with Crippen LogP contribution in [0.4, 0.5) is 0 Å². The van der Waals surface area contributed by atoms with E-state index in [2.05, 4.69) is 4.99 Å². The predicted molar refractivity (Wildman–Crippen MR) is 111 cm³/mol. The Hall–Kier alpha value is -2.69. The lowest BCUT2D eigenvalue weighted by Gasteiger charge is -2.15. The van der Waals surface area contributed by atoms with E-state index < -0.39 is 15.9 Å². The molecule has 0 saturated carbocycles. The normalized spacial score (nSPS) is 17.2. The number of ether oxygens (including phenoxy) is 2. The molecule has 0 N–H and O–H groups in total. The van der Waals surface area contributed by atoms with Crippen molar-refractivity contribution < 1.29 is 22.7 Å². The number of hydrogen-bond acceptors (Lipinski definition) is 6. The van der Waals surface area contributed by atoms with Crippen LogP contribution in [0.1, 0.15) is 23.2 Å². The molecule has 30 heavy (non-hydrogen) atoms. The Bertz CT molecular complexity index is 1320. The Balaban J connectivity index is 1.45. The Morgan fingerprint density at radius 3 is 2.43 bits per heavy atom. The second-order valence-electron chi connectivity index (χ2n) is 7.17. The molecular weight excluding hydrogens is 426 g/mol. The number of thiazole rings is 1. The van der Waals surface area contributed by atoms with Gasteiger partial charge in [-0.05, 0) is 37.1 Å². The van der Waals surface area contributed by atoms with E-state index in [1.807, 2.05) is 23.7 Å². The summed E-state index contributed by atoms with van der Waals surface area (Å²) in [6.07, 6.45) is 1.75. The summed E-state index contributed by atoms with van der Waals surface area (Å²) in [5, 5.41) is 0. The van der Waals surface area contributed by atoms with E-state index in [9.17, 15) is 13.2 Å². The van der Waals surface area contributed by atoms with Gasteiger partial charge in [-0.1, -0.05) is 11.3 Å². The van der Waals surface area contributed by atoms with Crippen LogP contribution in [0.15, 0.2) is 46.3 Å². The molecule has 2 aromatic carbocycles. The van der Waals surface area contributed by atoms with Gasteiger partial charge in [0.2, 0.25) is 16.8 Å². The lowest BCUT2D eigenvalue weighted by atomic mass is 10.2. The minimum absolute atomic E-state index is 0.197. The van der Waals surface area contributed by atoms with Crippen LogP contribution in [0.25, 0.3) is 10.2 Å². The summed E-state index contributed by atoms with van der Waals surface area (Å²) in [7, 11) is -1.67. The quantitative estimate of drug-likeness (QED) is 0.618. The van der Waals surface area contributed by atoms with Gasteiger partial charge in [-0.25, -0.2) is 8.42 Å². The van der Waals surface area contributed by atoms with Crippen molar-refractivity contribution >= 4 is 37.5 Å². The van der Waals surface area contributed by atoms with E-state index >= 15 is 0 Å². The zero-order valence-corrected chi connectivity index (χ0v) is 17.8. The molecule has 1 fully saturated rings. The minimum Gasteiger partial charge on any atom is -0.454 e. The Morgan fingerprint density at radius 2 is 1.73 bits per heavy atom. The molecule has 156 valence electrons. The zero-order chi connectivity index (χ0) is 20.9. The second kappa shape index (κ2) is 7.22. The average Bonchev–Trinajstić information content (AvgIpc) is 3.48. The molecule has 2 aliphatic heterocycles. The van der Waals surface area contributed by atoms with Gasteiger partial charge in [0.15, 0.2) is 16.3 Å². The van der Waals surface area contributed by atoms with Crippen LogP contribution in [0.2, 0.25) is 0 Å². The molecule has 8 nitrogen and oxygen atoms in total. The van der Waals surface area contributed by atoms with Crippen molar-refractivity contribution in [1.29, 1.82) is 0 Å². The number of aryl methyl sites for hydroxylation is 1. The summed E-state index contributed by atoms with van der Waals surface area (Å²) >= 11 is 1.37. The highest BCUT2D eigenvalue weighted by molar-refractivity contribution is 7.89. The van der Waals surface area contributed by atoms with Crippen molar-refractivity contribution in [1.82, 2.24) is 8.87 Å². The van der Waals surface area contributed by atoms with Crippen LogP contribution in [-0.2, 0) is 17.1 Å². The van der Waals surface area contributed by atoms with Crippen molar-refractivity contribution in [3.8, 4) is 11.5 Å². The summed E-state index contributed by atoms with van der Waals surface area (Å²) in [6.45, 7) is 1.29. The standard InChI is InChI=1S/C20H19N3O5S2/c1-22-15-10-16-17(28-12-27-16)11-18(15)29-20(22)21-19(24)13-4-6-14(7-5-13)30(25,26)23-8-2-3-9-23/h4-7,10-11H,2-3,8-9,12H2,1H3. The second-order valence-corrected chi connectivity index (χ2v) is 10.1. The van der Waals surface area contributed by atoms with Crippen LogP contribution in [0.5, 0.6) is 11.5 Å². The fourth-order valence-corrected chi connectivity index (χ4v) is 6.17. The molecule has 1 aromatic heterocycles. The first-order valence-electron chi connectivity index (χ1n) is 9.52. The third kappa shape index (κ3) is 3.21. The molecule has 2 aliphatic rings. The van der Waals surface area contributed by atoms with Crippen molar-refractivity contribution in [3.63, 3.8) is 0 Å². The van der Waals surface area contributed by atoms with E-state index in [1.54, 1.807) is 0 Å². The molecule has 3 aromatic rings. The molecule has 0 unspecified atom stereocenters. The molecule has 0 atom stereocenters. The van der Waals surface area contributed by atoms with E-state index in [1.165, 1.54) is 39.9 Å². The molecule has 0 spiro atoms. The van der Waals surface area contributed by atoms with Gasteiger partial charge in [-0.2, -0.15) is 9.30 Å². The summed E-state index contributed by atoms with van der Waals surface area (Å²) in [5.74, 6) is 0.919. The smallest absolute Gasteiger partial charge is 0.279 e. The first-order chi connectivity index (χ1) is 14.4. The van der Waals surface area contributed by atoms with Gasteiger partial charge in [-0.3, -0.25) is 4.79 Å². The zero-order valence-electron chi connectivity index (χ0n) is 16.2. The van der Waals surface area contributed by atoms with Crippen LogP contribution in [0.3, 0.4) is 0 Å².